The molecule has 2 rings (SSSR count). The lowest BCUT2D eigenvalue weighted by Crippen LogP contribution is -2.04. The van der Waals surface area contributed by atoms with Crippen molar-refractivity contribution in [3.05, 3.63) is 23.2 Å². The Labute approximate surface area is 99.7 Å². The second-order valence-electron chi connectivity index (χ2n) is 4.41. The zero-order valence-corrected chi connectivity index (χ0v) is 10.6. The summed E-state index contributed by atoms with van der Waals surface area (Å²) in [5.41, 5.74) is 8.16. The van der Waals surface area contributed by atoms with Crippen molar-refractivity contribution >= 4 is 17.2 Å². The first kappa shape index (κ1) is 11.2. The fourth-order valence-corrected chi connectivity index (χ4v) is 2.51. The van der Waals surface area contributed by atoms with Gasteiger partial charge in [0.25, 0.3) is 0 Å². The second-order valence-corrected chi connectivity index (χ2v) is 5.36. The molecule has 0 saturated carbocycles. The number of anilines is 1. The van der Waals surface area contributed by atoms with Gasteiger partial charge in [0.15, 0.2) is 5.82 Å². The Morgan fingerprint density at radius 2 is 2.12 bits per heavy atom. The fraction of sp³-hybridized carbons (Fsp3) is 0.417. The zero-order chi connectivity index (χ0) is 11.7. The maximum Gasteiger partial charge on any atom is 0.154 e. The molecule has 0 radical (unpaired) electrons. The Balaban J connectivity index is 2.48. The maximum absolute atomic E-state index is 5.93. The van der Waals surface area contributed by atoms with Gasteiger partial charge in [-0.2, -0.15) is 5.10 Å². The van der Waals surface area contributed by atoms with Crippen molar-refractivity contribution in [2.75, 3.05) is 5.73 Å². The number of hydrogen-bond donors (Lipinski definition) is 2. The number of nitrogens with zero attached hydrogens (tertiary/aromatic N) is 1. The Morgan fingerprint density at radius 1 is 1.38 bits per heavy atom. The SMILES string of the molecule is CC(C)C(C)c1[nH]nc(N)c1-c1cccs1. The molecule has 2 aromatic rings. The van der Waals surface area contributed by atoms with Crippen LogP contribution < -0.4 is 5.73 Å². The van der Waals surface area contributed by atoms with Crippen molar-refractivity contribution in [3.8, 4) is 10.4 Å². The number of nitrogens with two attached hydrogens (primary N) is 1. The van der Waals surface area contributed by atoms with Crippen LogP contribution in [-0.4, -0.2) is 10.2 Å². The lowest BCUT2D eigenvalue weighted by atomic mass is 9.92. The molecule has 4 heteroatoms. The third-order valence-electron chi connectivity index (χ3n) is 3.05. The molecule has 86 valence electrons. The van der Waals surface area contributed by atoms with Crippen LogP contribution in [0.5, 0.6) is 0 Å². The van der Waals surface area contributed by atoms with Crippen molar-refractivity contribution in [1.82, 2.24) is 10.2 Å². The predicted octanol–water partition coefficient (Wildman–Crippen LogP) is 3.48. The molecule has 0 spiro atoms. The van der Waals surface area contributed by atoms with Gasteiger partial charge in [0.2, 0.25) is 0 Å². The lowest BCUT2D eigenvalue weighted by Gasteiger charge is -2.15. The molecule has 0 aromatic carbocycles. The van der Waals surface area contributed by atoms with Gasteiger partial charge >= 0.3 is 0 Å². The molecule has 0 aliphatic rings. The number of thiophene rings is 1. The van der Waals surface area contributed by atoms with Gasteiger partial charge < -0.3 is 5.73 Å². The highest BCUT2D eigenvalue weighted by atomic mass is 32.1. The van der Waals surface area contributed by atoms with Gasteiger partial charge in [-0.3, -0.25) is 5.10 Å². The normalized spacial score (nSPS) is 13.2. The van der Waals surface area contributed by atoms with Gasteiger partial charge in [0.1, 0.15) is 0 Å². The van der Waals surface area contributed by atoms with Crippen LogP contribution in [0.3, 0.4) is 0 Å². The van der Waals surface area contributed by atoms with Crippen molar-refractivity contribution in [2.45, 2.75) is 26.7 Å². The second kappa shape index (κ2) is 4.29. The van der Waals surface area contributed by atoms with Crippen LogP contribution in [-0.2, 0) is 0 Å². The van der Waals surface area contributed by atoms with E-state index in [0.717, 1.165) is 11.3 Å². The predicted molar refractivity (Wildman–Crippen MR) is 69.6 cm³/mol. The number of hydrogen-bond acceptors (Lipinski definition) is 3. The fourth-order valence-electron chi connectivity index (χ4n) is 1.71. The first-order valence-electron chi connectivity index (χ1n) is 5.49. The van der Waals surface area contributed by atoms with Gasteiger partial charge in [0.05, 0.1) is 5.56 Å². The molecule has 3 N–H and O–H groups in total. The van der Waals surface area contributed by atoms with Crippen LogP contribution in [0.2, 0.25) is 0 Å². The van der Waals surface area contributed by atoms with Gasteiger partial charge in [-0.15, -0.1) is 11.3 Å². The minimum atomic E-state index is 0.432. The molecule has 16 heavy (non-hydrogen) atoms. The smallest absolute Gasteiger partial charge is 0.154 e. The van der Waals surface area contributed by atoms with Gasteiger partial charge in [-0.25, -0.2) is 0 Å². The van der Waals surface area contributed by atoms with Crippen molar-refractivity contribution in [2.24, 2.45) is 5.92 Å². The molecular formula is C12H17N3S. The summed E-state index contributed by atoms with van der Waals surface area (Å²) in [6, 6.07) is 4.12. The van der Waals surface area contributed by atoms with Crippen LogP contribution in [0.25, 0.3) is 10.4 Å². The molecular weight excluding hydrogens is 218 g/mol. The molecule has 0 amide bonds. The quantitative estimate of drug-likeness (QED) is 0.855. The van der Waals surface area contributed by atoms with Crippen LogP contribution in [0.4, 0.5) is 5.82 Å². The zero-order valence-electron chi connectivity index (χ0n) is 9.82. The number of rotatable bonds is 3. The molecule has 0 bridgehead atoms. The van der Waals surface area contributed by atoms with Crippen molar-refractivity contribution in [1.29, 1.82) is 0 Å². The molecule has 2 heterocycles. The number of aromatic amines is 1. The summed E-state index contributed by atoms with van der Waals surface area (Å²) in [4.78, 5) is 1.19. The summed E-state index contributed by atoms with van der Waals surface area (Å²) in [5.74, 6) is 1.60. The van der Waals surface area contributed by atoms with E-state index in [9.17, 15) is 0 Å². The standard InChI is InChI=1S/C12H17N3S/c1-7(2)8(3)11-10(12(13)15-14-11)9-5-4-6-16-9/h4-8H,1-3H3,(H3,13,14,15). The number of nitrogen functional groups attached to an aromatic ring is 1. The highest BCUT2D eigenvalue weighted by Crippen LogP contribution is 2.37. The van der Waals surface area contributed by atoms with Crippen LogP contribution in [0.15, 0.2) is 17.5 Å². The third kappa shape index (κ3) is 1.85. The first-order valence-corrected chi connectivity index (χ1v) is 6.36. The van der Waals surface area contributed by atoms with Crippen molar-refractivity contribution in [3.63, 3.8) is 0 Å². The van der Waals surface area contributed by atoms with Crippen LogP contribution in [0, 0.1) is 5.92 Å². The highest BCUT2D eigenvalue weighted by Gasteiger charge is 2.20. The number of H-pyrrole nitrogens is 1. The van der Waals surface area contributed by atoms with E-state index in [-0.39, 0.29) is 0 Å². The van der Waals surface area contributed by atoms with Crippen LogP contribution >= 0.6 is 11.3 Å². The molecule has 3 nitrogen and oxygen atoms in total. The molecule has 1 unspecified atom stereocenters. The Kier molecular flexibility index (Phi) is 3.01. The first-order chi connectivity index (χ1) is 7.61. The van der Waals surface area contributed by atoms with E-state index in [4.69, 9.17) is 5.73 Å². The Bertz CT molecular complexity index is 457. The lowest BCUT2D eigenvalue weighted by molar-refractivity contribution is 0.523. The summed E-state index contributed by atoms with van der Waals surface area (Å²) in [6.07, 6.45) is 0. The third-order valence-corrected chi connectivity index (χ3v) is 3.93. The summed E-state index contributed by atoms with van der Waals surface area (Å²) in [6.45, 7) is 6.62. The molecule has 2 aromatic heterocycles. The van der Waals surface area contributed by atoms with Gasteiger partial charge in [-0.05, 0) is 17.4 Å². The van der Waals surface area contributed by atoms with E-state index in [1.165, 1.54) is 4.88 Å². The highest BCUT2D eigenvalue weighted by molar-refractivity contribution is 7.13. The Hall–Kier alpha value is -1.29. The Morgan fingerprint density at radius 3 is 2.69 bits per heavy atom. The number of nitrogens with one attached hydrogen (secondary N) is 1. The minimum absolute atomic E-state index is 0.432. The molecule has 0 fully saturated rings. The monoisotopic (exact) mass is 235 g/mol. The summed E-state index contributed by atoms with van der Waals surface area (Å²) in [5, 5.41) is 9.27. The van der Waals surface area contributed by atoms with E-state index < -0.39 is 0 Å². The van der Waals surface area contributed by atoms with Gasteiger partial charge in [0, 0.05) is 16.5 Å². The molecule has 0 aliphatic heterocycles. The van der Waals surface area contributed by atoms with Gasteiger partial charge in [-0.1, -0.05) is 26.8 Å². The summed E-state index contributed by atoms with van der Waals surface area (Å²) >= 11 is 1.70. The topological polar surface area (TPSA) is 54.7 Å². The average molecular weight is 235 g/mol. The maximum atomic E-state index is 5.93. The van der Waals surface area contributed by atoms with E-state index in [0.29, 0.717) is 17.7 Å². The largest absolute Gasteiger partial charge is 0.382 e. The number of aromatic nitrogens is 2. The minimum Gasteiger partial charge on any atom is -0.382 e. The van der Waals surface area contributed by atoms with E-state index in [1.807, 2.05) is 6.07 Å². The average Bonchev–Trinajstić information content (AvgIpc) is 2.84. The van der Waals surface area contributed by atoms with Crippen LogP contribution in [0.1, 0.15) is 32.4 Å². The molecule has 0 saturated heterocycles. The van der Waals surface area contributed by atoms with E-state index in [1.54, 1.807) is 11.3 Å². The van der Waals surface area contributed by atoms with E-state index >= 15 is 0 Å². The summed E-state index contributed by atoms with van der Waals surface area (Å²) in [7, 11) is 0. The molecule has 1 atom stereocenters. The van der Waals surface area contributed by atoms with Crippen molar-refractivity contribution < 1.29 is 0 Å². The summed E-state index contributed by atoms with van der Waals surface area (Å²) < 4.78 is 0. The van der Waals surface area contributed by atoms with E-state index in [2.05, 4.69) is 42.4 Å². The molecule has 0 aliphatic carbocycles.